The van der Waals surface area contributed by atoms with Crippen molar-refractivity contribution < 1.29 is 19.1 Å². The Morgan fingerprint density at radius 2 is 1.54 bits per heavy atom. The first-order valence-corrected chi connectivity index (χ1v) is 13.7. The predicted molar refractivity (Wildman–Crippen MR) is 138 cm³/mol. The Morgan fingerprint density at radius 1 is 0.914 bits per heavy atom. The monoisotopic (exact) mass is 478 g/mol. The van der Waals surface area contributed by atoms with E-state index in [2.05, 4.69) is 47.6 Å². The van der Waals surface area contributed by atoms with Crippen molar-refractivity contribution >= 4 is 11.6 Å². The molecular formula is C31H42O4. The Kier molecular flexibility index (Phi) is 5.96. The van der Waals surface area contributed by atoms with Crippen molar-refractivity contribution in [1.82, 2.24) is 0 Å². The van der Waals surface area contributed by atoms with E-state index in [0.717, 1.165) is 53.9 Å². The molecule has 35 heavy (non-hydrogen) atoms. The molecule has 0 aromatic heterocycles. The molecule has 0 amide bonds. The molecule has 0 saturated heterocycles. The number of rotatable bonds is 3. The van der Waals surface area contributed by atoms with E-state index < -0.39 is 11.5 Å². The van der Waals surface area contributed by atoms with Gasteiger partial charge in [-0.15, -0.1) is 0 Å². The fourth-order valence-electron chi connectivity index (χ4n) is 7.67. The summed E-state index contributed by atoms with van der Waals surface area (Å²) in [7, 11) is 1.74. The molecule has 0 fully saturated rings. The number of allylic oxidation sites excluding steroid dienone is 1. The number of methoxy groups -OCH3 is 1. The molecule has 190 valence electrons. The van der Waals surface area contributed by atoms with Crippen molar-refractivity contribution in [3.8, 4) is 11.5 Å². The molecule has 0 saturated carbocycles. The van der Waals surface area contributed by atoms with E-state index in [1.54, 1.807) is 7.11 Å². The SMILES string of the molecule is COc1cc2c(c3c1C(C)CCC3C(C)C)OC1C(=O)C3=C(C(=O)C1(C)C2)C(C(C)C)CCC3C. The summed E-state index contributed by atoms with van der Waals surface area (Å²) in [6.07, 6.45) is 3.94. The molecular weight excluding hydrogens is 436 g/mol. The fraction of sp³-hybridized carbons (Fsp3) is 0.677. The standard InChI is InChI=1S/C31H42O4/c1-15(2)20-11-9-17(5)23-22(34-8)13-19-14-31(7)29(33)26-21(16(3)4)12-10-18(6)24(26)27(32)30(31)35-28(19)25(20)23/h13,15-18,20-21,30H,9-12,14H2,1-8H3. The third-order valence-electron chi connectivity index (χ3n) is 9.70. The van der Waals surface area contributed by atoms with Gasteiger partial charge in [0.05, 0.1) is 12.5 Å². The molecule has 0 N–H and O–H groups in total. The van der Waals surface area contributed by atoms with Crippen LogP contribution in [0.25, 0.3) is 0 Å². The van der Waals surface area contributed by atoms with Crippen molar-refractivity contribution in [3.05, 3.63) is 33.9 Å². The lowest BCUT2D eigenvalue weighted by Gasteiger charge is -2.49. The second kappa shape index (κ2) is 8.49. The van der Waals surface area contributed by atoms with Gasteiger partial charge in [-0.3, -0.25) is 9.59 Å². The van der Waals surface area contributed by atoms with Crippen LogP contribution in [0, 0.1) is 29.1 Å². The van der Waals surface area contributed by atoms with Gasteiger partial charge in [0.15, 0.2) is 11.9 Å². The Morgan fingerprint density at radius 3 is 2.17 bits per heavy atom. The van der Waals surface area contributed by atoms with Crippen LogP contribution >= 0.6 is 0 Å². The first-order chi connectivity index (χ1) is 16.5. The van der Waals surface area contributed by atoms with E-state index in [4.69, 9.17) is 9.47 Å². The molecule has 1 heterocycles. The van der Waals surface area contributed by atoms with Crippen LogP contribution in [-0.4, -0.2) is 24.8 Å². The minimum absolute atomic E-state index is 0.0557. The number of hydrogen-bond donors (Lipinski definition) is 0. The van der Waals surface area contributed by atoms with Gasteiger partial charge >= 0.3 is 0 Å². The largest absolute Gasteiger partial charge is 0.496 e. The van der Waals surface area contributed by atoms with Crippen LogP contribution < -0.4 is 9.47 Å². The van der Waals surface area contributed by atoms with Gasteiger partial charge in [0.25, 0.3) is 0 Å². The molecule has 1 aromatic carbocycles. The predicted octanol–water partition coefficient (Wildman–Crippen LogP) is 6.79. The molecule has 0 spiro atoms. The van der Waals surface area contributed by atoms with Gasteiger partial charge in [-0.2, -0.15) is 0 Å². The van der Waals surface area contributed by atoms with Crippen LogP contribution in [0.1, 0.15) is 103 Å². The maximum Gasteiger partial charge on any atom is 0.201 e. The van der Waals surface area contributed by atoms with Crippen LogP contribution in [0.3, 0.4) is 0 Å². The Bertz CT molecular complexity index is 1110. The molecule has 5 rings (SSSR count). The van der Waals surface area contributed by atoms with Crippen molar-refractivity contribution in [2.75, 3.05) is 7.11 Å². The number of ketones is 2. The van der Waals surface area contributed by atoms with Crippen LogP contribution in [0.15, 0.2) is 17.2 Å². The lowest BCUT2D eigenvalue weighted by Crippen LogP contribution is -2.58. The number of ether oxygens (including phenoxy) is 2. The van der Waals surface area contributed by atoms with E-state index in [9.17, 15) is 9.59 Å². The number of Topliss-reactive ketones (excluding diaryl/α,β-unsaturated/α-hetero) is 2. The third-order valence-corrected chi connectivity index (χ3v) is 9.70. The van der Waals surface area contributed by atoms with Gasteiger partial charge in [-0.05, 0) is 86.2 Å². The highest BCUT2D eigenvalue weighted by atomic mass is 16.5. The summed E-state index contributed by atoms with van der Waals surface area (Å²) in [4.78, 5) is 28.4. The van der Waals surface area contributed by atoms with E-state index in [1.165, 1.54) is 11.1 Å². The molecule has 1 aromatic rings. The quantitative estimate of drug-likeness (QED) is 0.480. The topological polar surface area (TPSA) is 52.6 Å². The van der Waals surface area contributed by atoms with Crippen LogP contribution in [0.2, 0.25) is 0 Å². The number of carbonyl (C=O) groups excluding carboxylic acids is 2. The molecule has 0 bridgehead atoms. The van der Waals surface area contributed by atoms with E-state index in [0.29, 0.717) is 30.1 Å². The maximum atomic E-state index is 14.3. The molecule has 1 aliphatic heterocycles. The molecule has 4 aliphatic rings. The first-order valence-electron chi connectivity index (χ1n) is 13.7. The molecule has 4 nitrogen and oxygen atoms in total. The van der Waals surface area contributed by atoms with Crippen molar-refractivity contribution in [1.29, 1.82) is 0 Å². The van der Waals surface area contributed by atoms with Gasteiger partial charge in [0, 0.05) is 22.3 Å². The van der Waals surface area contributed by atoms with E-state index in [1.807, 2.05) is 6.92 Å². The van der Waals surface area contributed by atoms with Gasteiger partial charge < -0.3 is 9.47 Å². The van der Waals surface area contributed by atoms with Crippen LogP contribution in [0.4, 0.5) is 0 Å². The summed E-state index contributed by atoms with van der Waals surface area (Å²) >= 11 is 0. The summed E-state index contributed by atoms with van der Waals surface area (Å²) in [5.74, 6) is 3.75. The summed E-state index contributed by atoms with van der Waals surface area (Å²) in [5, 5.41) is 0. The van der Waals surface area contributed by atoms with Crippen LogP contribution in [-0.2, 0) is 16.0 Å². The Balaban J connectivity index is 1.70. The van der Waals surface area contributed by atoms with E-state index in [-0.39, 0.29) is 23.4 Å². The molecule has 3 aliphatic carbocycles. The highest BCUT2D eigenvalue weighted by molar-refractivity contribution is 6.17. The lowest BCUT2D eigenvalue weighted by molar-refractivity contribution is -0.144. The first kappa shape index (κ1) is 24.6. The minimum atomic E-state index is -0.875. The second-order valence-electron chi connectivity index (χ2n) is 12.7. The zero-order chi connectivity index (χ0) is 25.4. The minimum Gasteiger partial charge on any atom is -0.496 e. The molecule has 0 radical (unpaired) electrons. The number of benzene rings is 1. The normalized spacial score (nSPS) is 34.3. The Labute approximate surface area is 210 Å². The number of carbonyl (C=O) groups is 2. The fourth-order valence-corrected chi connectivity index (χ4v) is 7.67. The summed E-state index contributed by atoms with van der Waals surface area (Å²) < 4.78 is 12.7. The van der Waals surface area contributed by atoms with Crippen LogP contribution in [0.5, 0.6) is 11.5 Å². The zero-order valence-corrected chi connectivity index (χ0v) is 22.8. The molecule has 4 heteroatoms. The summed E-state index contributed by atoms with van der Waals surface area (Å²) in [5.41, 5.74) is 4.19. The summed E-state index contributed by atoms with van der Waals surface area (Å²) in [6.45, 7) is 15.2. The van der Waals surface area contributed by atoms with Gasteiger partial charge in [0.1, 0.15) is 11.5 Å². The summed E-state index contributed by atoms with van der Waals surface area (Å²) in [6, 6.07) is 2.10. The average Bonchev–Trinajstić information content (AvgIpc) is 2.80. The van der Waals surface area contributed by atoms with Gasteiger partial charge in [-0.1, -0.05) is 41.5 Å². The Hall–Kier alpha value is -2.10. The molecule has 6 atom stereocenters. The highest BCUT2D eigenvalue weighted by Gasteiger charge is 2.58. The zero-order valence-electron chi connectivity index (χ0n) is 22.8. The van der Waals surface area contributed by atoms with E-state index >= 15 is 0 Å². The van der Waals surface area contributed by atoms with Gasteiger partial charge in [0.2, 0.25) is 5.78 Å². The number of fused-ring (bicyclic) bond motifs is 4. The van der Waals surface area contributed by atoms with Crippen molar-refractivity contribution in [3.63, 3.8) is 0 Å². The number of hydrogen-bond acceptors (Lipinski definition) is 4. The second-order valence-corrected chi connectivity index (χ2v) is 12.7. The molecule has 6 unspecified atom stereocenters. The van der Waals surface area contributed by atoms with Gasteiger partial charge in [-0.25, -0.2) is 0 Å². The smallest absolute Gasteiger partial charge is 0.201 e. The van der Waals surface area contributed by atoms with Crippen molar-refractivity contribution in [2.24, 2.45) is 29.1 Å². The van der Waals surface area contributed by atoms with Crippen molar-refractivity contribution in [2.45, 2.75) is 98.5 Å². The third kappa shape index (κ3) is 3.45. The maximum absolute atomic E-state index is 14.3. The highest BCUT2D eigenvalue weighted by Crippen LogP contribution is 2.57. The lowest BCUT2D eigenvalue weighted by atomic mass is 9.57. The average molecular weight is 479 g/mol.